The van der Waals surface area contributed by atoms with Crippen molar-refractivity contribution >= 4 is 35.7 Å². The zero-order chi connectivity index (χ0) is 23.4. The molecule has 168 valence electrons. The minimum Gasteiger partial charge on any atom is -0.125 e. The van der Waals surface area contributed by atoms with Crippen molar-refractivity contribution in [2.45, 2.75) is 118 Å². The van der Waals surface area contributed by atoms with Gasteiger partial charge in [0.15, 0.2) is 0 Å². The lowest BCUT2D eigenvalue weighted by molar-refractivity contribution is 0.141. The first-order valence-corrected chi connectivity index (χ1v) is 16.6. The van der Waals surface area contributed by atoms with Gasteiger partial charge in [0.1, 0.15) is 0 Å². The Morgan fingerprint density at radius 3 is 1.34 bits per heavy atom. The third kappa shape index (κ3) is 5.57. The van der Waals surface area contributed by atoms with Gasteiger partial charge in [0.05, 0.1) is 8.07 Å². The summed E-state index contributed by atoms with van der Waals surface area (Å²) < 4.78 is 0. The first kappa shape index (κ1) is 27.3. The van der Waals surface area contributed by atoms with Gasteiger partial charge in [-0.05, 0) is 32.0 Å². The molecule has 0 aliphatic heterocycles. The molecule has 0 aromatic heterocycles. The van der Waals surface area contributed by atoms with E-state index in [1.54, 1.807) is 16.1 Å². The molecule has 0 bridgehead atoms. The zero-order valence-electron chi connectivity index (χ0n) is 22.3. The predicted molar refractivity (Wildman–Crippen MR) is 146 cm³/mol. The monoisotopic (exact) mass is 452 g/mol. The summed E-state index contributed by atoms with van der Waals surface area (Å²) in [5.74, 6) is 0. The summed E-state index contributed by atoms with van der Waals surface area (Å²) >= 11 is 0. The van der Waals surface area contributed by atoms with Crippen LogP contribution < -0.4 is 10.5 Å². The van der Waals surface area contributed by atoms with Gasteiger partial charge in [-0.25, -0.2) is 0 Å². The van der Waals surface area contributed by atoms with Crippen LogP contribution in [0.3, 0.4) is 0 Å². The van der Waals surface area contributed by atoms with Crippen LogP contribution in [0, 0.1) is 10.8 Å². The van der Waals surface area contributed by atoms with Gasteiger partial charge < -0.3 is 0 Å². The lowest BCUT2D eigenvalue weighted by Crippen LogP contribution is -2.50. The summed E-state index contributed by atoms with van der Waals surface area (Å²) in [5, 5.41) is 3.72. The topological polar surface area (TPSA) is 0 Å². The Hall–Kier alpha value is 0.297. The number of benzene rings is 1. The Kier molecular flexibility index (Phi) is 7.55. The van der Waals surface area contributed by atoms with Crippen molar-refractivity contribution in [1.29, 1.82) is 0 Å². The fraction of sp³-hybridized carbons (Fsp3) is 0.769. The van der Waals surface area contributed by atoms with E-state index in [0.717, 1.165) is 0 Å². The van der Waals surface area contributed by atoms with Crippen molar-refractivity contribution in [3.63, 3.8) is 0 Å². The molecule has 1 aromatic carbocycles. The van der Waals surface area contributed by atoms with E-state index < -0.39 is 8.07 Å². The van der Waals surface area contributed by atoms with Crippen LogP contribution in [0.4, 0.5) is 0 Å². The Labute approximate surface area is 188 Å². The van der Waals surface area contributed by atoms with Crippen molar-refractivity contribution in [2.75, 3.05) is 0 Å². The molecule has 0 aliphatic rings. The minimum atomic E-state index is -1.40. The molecule has 1 atom stereocenters. The fourth-order valence-electron chi connectivity index (χ4n) is 5.18. The van der Waals surface area contributed by atoms with Crippen LogP contribution in [-0.2, 0) is 5.16 Å². The van der Waals surface area contributed by atoms with Crippen LogP contribution in [0.2, 0.25) is 19.6 Å². The molecule has 0 fully saturated rings. The molecule has 29 heavy (non-hydrogen) atoms. The maximum absolute atomic E-state index is 3.35. The van der Waals surface area contributed by atoms with Gasteiger partial charge >= 0.3 is 0 Å². The molecule has 1 aromatic rings. The van der Waals surface area contributed by atoms with Gasteiger partial charge in [0.25, 0.3) is 0 Å². The predicted octanol–water partition coefficient (Wildman–Crippen LogP) is 8.10. The largest absolute Gasteiger partial charge is 0.125 e. The van der Waals surface area contributed by atoms with E-state index in [-0.39, 0.29) is 34.2 Å². The lowest BCUT2D eigenvalue weighted by atomic mass is 9.62. The molecule has 3 heteroatoms. The smallest absolute Gasteiger partial charge is 0.0776 e. The summed E-state index contributed by atoms with van der Waals surface area (Å²) in [6.45, 7) is 36.6. The Morgan fingerprint density at radius 2 is 1.07 bits per heavy atom. The fourth-order valence-corrected chi connectivity index (χ4v) is 11.1. The van der Waals surface area contributed by atoms with Gasteiger partial charge in [-0.15, -0.1) is 9.24 Å². The third-order valence-corrected chi connectivity index (χ3v) is 13.9. The van der Waals surface area contributed by atoms with Crippen molar-refractivity contribution in [3.8, 4) is 0 Å². The average Bonchev–Trinajstić information content (AvgIpc) is 2.39. The minimum absolute atomic E-state index is 0.00954. The Bertz CT molecular complexity index is 686. The molecular weight excluding hydrogens is 402 g/mol. The Balaban J connectivity index is 4.14. The normalized spacial score (nSPS) is 15.2. The van der Waals surface area contributed by atoms with Crippen LogP contribution in [0.5, 0.6) is 0 Å². The lowest BCUT2D eigenvalue weighted by Gasteiger charge is -2.54. The van der Waals surface area contributed by atoms with E-state index in [4.69, 9.17) is 0 Å². The van der Waals surface area contributed by atoms with Crippen molar-refractivity contribution in [3.05, 3.63) is 23.8 Å². The van der Waals surface area contributed by atoms with Crippen molar-refractivity contribution in [2.24, 2.45) is 10.8 Å². The second-order valence-electron chi connectivity index (χ2n) is 14.0. The summed E-state index contributed by atoms with van der Waals surface area (Å²) in [7, 11) is 1.58. The number of rotatable bonds is 3. The van der Waals surface area contributed by atoms with E-state index in [9.17, 15) is 0 Å². The zero-order valence-corrected chi connectivity index (χ0v) is 25.3. The van der Waals surface area contributed by atoms with Crippen molar-refractivity contribution < 1.29 is 0 Å². The highest BCUT2D eigenvalue weighted by atomic mass is 31.1. The second kappa shape index (κ2) is 8.01. The summed E-state index contributed by atoms with van der Waals surface area (Å²) in [6.07, 6.45) is 0. The van der Waals surface area contributed by atoms with Gasteiger partial charge in [0.2, 0.25) is 0 Å². The maximum Gasteiger partial charge on any atom is 0.0776 e. The molecule has 0 nitrogen and oxygen atoms in total. The highest BCUT2D eigenvalue weighted by Gasteiger charge is 2.51. The van der Waals surface area contributed by atoms with Crippen LogP contribution in [0.1, 0.15) is 88.6 Å². The SMILES string of the molecule is CC(C)(C)P(c1cc([Si](C)(C)C)ccc1C(P)(C(C)(C)C)C(C)(C)C)C(C)(C)C. The number of hydrogen-bond acceptors (Lipinski definition) is 0. The molecule has 0 amide bonds. The third-order valence-electron chi connectivity index (χ3n) is 6.24. The Morgan fingerprint density at radius 1 is 0.690 bits per heavy atom. The highest BCUT2D eigenvalue weighted by molar-refractivity contribution is 7.68. The van der Waals surface area contributed by atoms with Gasteiger partial charge in [-0.3, -0.25) is 0 Å². The van der Waals surface area contributed by atoms with Gasteiger partial charge in [0, 0.05) is 5.16 Å². The number of hydrogen-bond donors (Lipinski definition) is 0. The first-order valence-electron chi connectivity index (χ1n) is 11.2. The summed E-state index contributed by atoms with van der Waals surface area (Å²) in [5.41, 5.74) is 1.81. The highest BCUT2D eigenvalue weighted by Crippen LogP contribution is 2.63. The average molecular weight is 453 g/mol. The standard InChI is InChI=1S/C26H50P2Si/c1-22(2,3)26(27,23(4,5)6)20-17-16-19(29(13,14)15)18-21(20)28(24(7,8)9)25(10,11)12/h16-18H,27H2,1-15H3. The quantitative estimate of drug-likeness (QED) is 0.321. The molecule has 0 radical (unpaired) electrons. The summed E-state index contributed by atoms with van der Waals surface area (Å²) in [6, 6.07) is 7.61. The van der Waals surface area contributed by atoms with Gasteiger partial charge in [-0.2, -0.15) is 0 Å². The van der Waals surface area contributed by atoms with E-state index in [2.05, 4.69) is 130 Å². The van der Waals surface area contributed by atoms with E-state index >= 15 is 0 Å². The molecule has 0 aliphatic carbocycles. The molecule has 0 saturated carbocycles. The van der Waals surface area contributed by atoms with Crippen LogP contribution in [0.25, 0.3) is 0 Å². The molecule has 0 N–H and O–H groups in total. The van der Waals surface area contributed by atoms with Crippen LogP contribution in [-0.4, -0.2) is 18.4 Å². The second-order valence-corrected chi connectivity index (χ2v) is 23.7. The maximum atomic E-state index is 3.35. The molecule has 1 rings (SSSR count). The first-order chi connectivity index (χ1) is 12.5. The van der Waals surface area contributed by atoms with E-state index in [0.29, 0.717) is 0 Å². The van der Waals surface area contributed by atoms with E-state index in [1.807, 2.05) is 0 Å². The summed E-state index contributed by atoms with van der Waals surface area (Å²) in [4.78, 5) is 0. The van der Waals surface area contributed by atoms with Crippen LogP contribution >= 0.6 is 17.2 Å². The molecular formula is C26H50P2Si. The molecule has 1 unspecified atom stereocenters. The van der Waals surface area contributed by atoms with Crippen LogP contribution in [0.15, 0.2) is 18.2 Å². The van der Waals surface area contributed by atoms with Gasteiger partial charge in [-0.1, -0.05) is 134 Å². The van der Waals surface area contributed by atoms with E-state index in [1.165, 1.54) is 0 Å². The molecule has 0 spiro atoms. The molecule has 0 saturated heterocycles. The molecule has 0 heterocycles. The van der Waals surface area contributed by atoms with Crippen molar-refractivity contribution in [1.82, 2.24) is 0 Å².